The van der Waals surface area contributed by atoms with Crippen molar-refractivity contribution >= 4 is 17.3 Å². The Morgan fingerprint density at radius 1 is 1.14 bits per heavy atom. The molecular weight excluding hydrogens is 290 g/mol. The van der Waals surface area contributed by atoms with Crippen molar-refractivity contribution in [1.82, 2.24) is 10.1 Å². The van der Waals surface area contributed by atoms with Gasteiger partial charge >= 0.3 is 0 Å². The number of hydrogen-bond acceptors (Lipinski definition) is 5. The van der Waals surface area contributed by atoms with Gasteiger partial charge in [0.25, 0.3) is 5.89 Å². The Hall–Kier alpha value is -2.53. The molecule has 2 aromatic carbocycles. The van der Waals surface area contributed by atoms with Gasteiger partial charge in [-0.3, -0.25) is 0 Å². The molecule has 6 heteroatoms. The van der Waals surface area contributed by atoms with Crippen LogP contribution in [-0.2, 0) is 6.61 Å². The average molecular weight is 302 g/mol. The molecule has 106 valence electrons. The lowest BCUT2D eigenvalue weighted by atomic mass is 10.2. The minimum atomic E-state index is 0.209. The zero-order chi connectivity index (χ0) is 14.7. The molecular formula is C15H12ClN3O2. The van der Waals surface area contributed by atoms with Crippen LogP contribution in [0.25, 0.3) is 11.5 Å². The topological polar surface area (TPSA) is 74.2 Å². The molecule has 21 heavy (non-hydrogen) atoms. The number of nitrogens with zero attached hydrogens (tertiary/aromatic N) is 2. The Bertz CT molecular complexity index is 741. The molecule has 3 rings (SSSR count). The van der Waals surface area contributed by atoms with Gasteiger partial charge in [-0.15, -0.1) is 0 Å². The molecule has 2 N–H and O–H groups in total. The van der Waals surface area contributed by atoms with Crippen LogP contribution in [-0.4, -0.2) is 10.1 Å². The highest BCUT2D eigenvalue weighted by Crippen LogP contribution is 2.20. The lowest BCUT2D eigenvalue weighted by Gasteiger charge is -2.03. The van der Waals surface area contributed by atoms with E-state index in [0.717, 1.165) is 5.56 Å². The summed E-state index contributed by atoms with van der Waals surface area (Å²) >= 11 is 5.84. The summed E-state index contributed by atoms with van der Waals surface area (Å²) in [6.07, 6.45) is 0. The number of rotatable bonds is 4. The second-order valence-corrected chi connectivity index (χ2v) is 4.82. The van der Waals surface area contributed by atoms with Crippen LogP contribution < -0.4 is 10.5 Å². The van der Waals surface area contributed by atoms with Crippen LogP contribution >= 0.6 is 11.6 Å². The fraction of sp³-hybridized carbons (Fsp3) is 0.0667. The van der Waals surface area contributed by atoms with Crippen molar-refractivity contribution in [2.75, 3.05) is 5.73 Å². The van der Waals surface area contributed by atoms with Gasteiger partial charge in [-0.05, 0) is 36.4 Å². The molecule has 0 spiro atoms. The monoisotopic (exact) mass is 301 g/mol. The summed E-state index contributed by atoms with van der Waals surface area (Å²) in [5.74, 6) is 1.55. The van der Waals surface area contributed by atoms with Crippen LogP contribution in [0.5, 0.6) is 5.75 Å². The SMILES string of the molecule is Nc1cccc(OCc2noc(-c3ccc(Cl)cc3)n2)c1. The van der Waals surface area contributed by atoms with E-state index in [1.807, 2.05) is 24.3 Å². The van der Waals surface area contributed by atoms with Crippen molar-refractivity contribution in [2.24, 2.45) is 0 Å². The highest BCUT2D eigenvalue weighted by atomic mass is 35.5. The van der Waals surface area contributed by atoms with Gasteiger partial charge in [0.2, 0.25) is 5.82 Å². The number of benzene rings is 2. The van der Waals surface area contributed by atoms with Crippen LogP contribution in [0.4, 0.5) is 5.69 Å². The van der Waals surface area contributed by atoms with Crippen LogP contribution in [0.15, 0.2) is 53.1 Å². The summed E-state index contributed by atoms with van der Waals surface area (Å²) in [5.41, 5.74) is 7.13. The number of halogens is 1. The smallest absolute Gasteiger partial charge is 0.258 e. The molecule has 5 nitrogen and oxygen atoms in total. The minimum absolute atomic E-state index is 0.209. The van der Waals surface area contributed by atoms with E-state index in [2.05, 4.69) is 10.1 Å². The molecule has 1 heterocycles. The van der Waals surface area contributed by atoms with E-state index in [9.17, 15) is 0 Å². The number of ether oxygens (including phenoxy) is 1. The first kappa shape index (κ1) is 13.5. The number of aromatic nitrogens is 2. The zero-order valence-corrected chi connectivity index (χ0v) is 11.7. The van der Waals surface area contributed by atoms with Gasteiger partial charge < -0.3 is 15.0 Å². The van der Waals surface area contributed by atoms with Crippen molar-refractivity contribution in [2.45, 2.75) is 6.61 Å². The van der Waals surface area contributed by atoms with Crippen molar-refractivity contribution in [3.63, 3.8) is 0 Å². The van der Waals surface area contributed by atoms with Crippen LogP contribution in [0, 0.1) is 0 Å². The van der Waals surface area contributed by atoms with E-state index in [1.54, 1.807) is 24.3 Å². The van der Waals surface area contributed by atoms with Gasteiger partial charge in [-0.2, -0.15) is 4.98 Å². The van der Waals surface area contributed by atoms with Crippen molar-refractivity contribution in [3.05, 3.63) is 59.4 Å². The number of anilines is 1. The lowest BCUT2D eigenvalue weighted by Crippen LogP contribution is -1.98. The summed E-state index contributed by atoms with van der Waals surface area (Å²) in [4.78, 5) is 4.27. The summed E-state index contributed by atoms with van der Waals surface area (Å²) in [7, 11) is 0. The molecule has 0 aliphatic carbocycles. The fourth-order valence-electron chi connectivity index (χ4n) is 1.77. The third-order valence-electron chi connectivity index (χ3n) is 2.79. The molecule has 0 bridgehead atoms. The van der Waals surface area contributed by atoms with Gasteiger partial charge in [-0.1, -0.05) is 22.8 Å². The van der Waals surface area contributed by atoms with Crippen LogP contribution in [0.2, 0.25) is 5.02 Å². The second kappa shape index (κ2) is 5.85. The molecule has 0 aliphatic rings. The molecule has 0 saturated carbocycles. The molecule has 0 atom stereocenters. The number of nitrogen functional groups attached to an aromatic ring is 1. The average Bonchev–Trinajstić information content (AvgIpc) is 2.95. The summed E-state index contributed by atoms with van der Waals surface area (Å²) in [6, 6.07) is 14.3. The van der Waals surface area contributed by atoms with Crippen molar-refractivity contribution in [1.29, 1.82) is 0 Å². The first-order valence-electron chi connectivity index (χ1n) is 6.27. The molecule has 0 radical (unpaired) electrons. The van der Waals surface area contributed by atoms with Crippen molar-refractivity contribution in [3.8, 4) is 17.2 Å². The maximum absolute atomic E-state index is 5.84. The predicted molar refractivity (Wildman–Crippen MR) is 79.9 cm³/mol. The largest absolute Gasteiger partial charge is 0.485 e. The van der Waals surface area contributed by atoms with Crippen LogP contribution in [0.1, 0.15) is 5.82 Å². The van der Waals surface area contributed by atoms with Gasteiger partial charge in [0, 0.05) is 22.3 Å². The van der Waals surface area contributed by atoms with Gasteiger partial charge in [0.1, 0.15) is 5.75 Å². The molecule has 0 unspecified atom stereocenters. The van der Waals surface area contributed by atoms with Crippen molar-refractivity contribution < 1.29 is 9.26 Å². The van der Waals surface area contributed by atoms with E-state index in [-0.39, 0.29) is 6.61 Å². The Balaban J connectivity index is 1.69. The van der Waals surface area contributed by atoms with E-state index in [4.69, 9.17) is 26.6 Å². The van der Waals surface area contributed by atoms with E-state index in [0.29, 0.717) is 28.2 Å². The Morgan fingerprint density at radius 2 is 1.95 bits per heavy atom. The molecule has 3 aromatic rings. The van der Waals surface area contributed by atoms with E-state index < -0.39 is 0 Å². The highest BCUT2D eigenvalue weighted by Gasteiger charge is 2.09. The molecule has 0 fully saturated rings. The number of hydrogen-bond donors (Lipinski definition) is 1. The highest BCUT2D eigenvalue weighted by molar-refractivity contribution is 6.30. The first-order valence-corrected chi connectivity index (χ1v) is 6.65. The third kappa shape index (κ3) is 3.32. The van der Waals surface area contributed by atoms with Gasteiger partial charge in [-0.25, -0.2) is 0 Å². The fourth-order valence-corrected chi connectivity index (χ4v) is 1.90. The van der Waals surface area contributed by atoms with Gasteiger partial charge in [0.05, 0.1) is 0 Å². The molecule has 0 saturated heterocycles. The molecule has 1 aromatic heterocycles. The summed E-state index contributed by atoms with van der Waals surface area (Å²) in [6.45, 7) is 0.209. The molecule has 0 amide bonds. The predicted octanol–water partition coefficient (Wildman–Crippen LogP) is 3.55. The second-order valence-electron chi connectivity index (χ2n) is 4.38. The first-order chi connectivity index (χ1) is 10.2. The maximum Gasteiger partial charge on any atom is 0.258 e. The van der Waals surface area contributed by atoms with E-state index in [1.165, 1.54) is 0 Å². The quantitative estimate of drug-likeness (QED) is 0.746. The van der Waals surface area contributed by atoms with Crippen LogP contribution in [0.3, 0.4) is 0 Å². The Labute approximate surface area is 126 Å². The standard InChI is InChI=1S/C15H12ClN3O2/c16-11-6-4-10(5-7-11)15-18-14(19-21-15)9-20-13-3-1-2-12(17)8-13/h1-8H,9,17H2. The summed E-state index contributed by atoms with van der Waals surface area (Å²) in [5, 5.41) is 4.53. The normalized spacial score (nSPS) is 10.5. The summed E-state index contributed by atoms with van der Waals surface area (Å²) < 4.78 is 10.7. The molecule has 0 aliphatic heterocycles. The Morgan fingerprint density at radius 3 is 2.71 bits per heavy atom. The third-order valence-corrected chi connectivity index (χ3v) is 3.04. The lowest BCUT2D eigenvalue weighted by molar-refractivity contribution is 0.287. The Kier molecular flexibility index (Phi) is 3.75. The maximum atomic E-state index is 5.84. The number of nitrogens with two attached hydrogens (primary N) is 1. The minimum Gasteiger partial charge on any atom is -0.485 e. The van der Waals surface area contributed by atoms with E-state index >= 15 is 0 Å². The zero-order valence-electron chi connectivity index (χ0n) is 11.0. The van der Waals surface area contributed by atoms with Gasteiger partial charge in [0.15, 0.2) is 6.61 Å².